The molecule has 7 heteroatoms. The molecule has 0 bridgehead atoms. The summed E-state index contributed by atoms with van der Waals surface area (Å²) in [5.41, 5.74) is 2.27. The Kier molecular flexibility index (Phi) is 4.97. The van der Waals surface area contributed by atoms with E-state index in [0.29, 0.717) is 25.6 Å². The van der Waals surface area contributed by atoms with E-state index in [1.807, 2.05) is 6.92 Å². The summed E-state index contributed by atoms with van der Waals surface area (Å²) in [5, 5.41) is 4.07. The van der Waals surface area contributed by atoms with Crippen LogP contribution in [0.15, 0.2) is 12.1 Å². The molecular formula is C16H21N3O3S. The number of rotatable bonds is 7. The van der Waals surface area contributed by atoms with Crippen molar-refractivity contribution in [1.82, 2.24) is 9.36 Å². The van der Waals surface area contributed by atoms with Crippen LogP contribution < -0.4 is 14.8 Å². The van der Waals surface area contributed by atoms with Crippen molar-refractivity contribution >= 4 is 16.7 Å². The van der Waals surface area contributed by atoms with E-state index in [2.05, 4.69) is 33.7 Å². The predicted molar refractivity (Wildman–Crippen MR) is 89.4 cm³/mol. The van der Waals surface area contributed by atoms with E-state index in [9.17, 15) is 0 Å². The first kappa shape index (κ1) is 16.0. The van der Waals surface area contributed by atoms with Gasteiger partial charge in [0.25, 0.3) is 0 Å². The minimum Gasteiger partial charge on any atom is -0.494 e. The van der Waals surface area contributed by atoms with E-state index in [0.717, 1.165) is 28.6 Å². The third kappa shape index (κ3) is 3.73. The number of benzene rings is 1. The average Bonchev–Trinajstić information content (AvgIpc) is 3.11. The van der Waals surface area contributed by atoms with Crippen LogP contribution in [0.5, 0.6) is 11.5 Å². The van der Waals surface area contributed by atoms with Gasteiger partial charge < -0.3 is 19.5 Å². The first-order valence-corrected chi connectivity index (χ1v) is 8.47. The van der Waals surface area contributed by atoms with E-state index < -0.39 is 0 Å². The molecule has 0 aliphatic carbocycles. The largest absolute Gasteiger partial charge is 0.494 e. The van der Waals surface area contributed by atoms with Gasteiger partial charge in [-0.2, -0.15) is 4.37 Å². The molecule has 1 unspecified atom stereocenters. The molecule has 1 N–H and O–H groups in total. The highest BCUT2D eigenvalue weighted by molar-refractivity contribution is 7.09. The maximum Gasteiger partial charge on any atom is 0.202 e. The van der Waals surface area contributed by atoms with Crippen LogP contribution in [-0.4, -0.2) is 29.2 Å². The van der Waals surface area contributed by atoms with Crippen LogP contribution in [0.25, 0.3) is 0 Å². The van der Waals surface area contributed by atoms with Gasteiger partial charge in [0.15, 0.2) is 5.82 Å². The molecule has 124 valence electrons. The molecule has 1 aliphatic rings. The van der Waals surface area contributed by atoms with Crippen molar-refractivity contribution in [2.24, 2.45) is 0 Å². The Labute approximate surface area is 140 Å². The molecule has 3 rings (SSSR count). The van der Waals surface area contributed by atoms with Crippen LogP contribution in [0, 0.1) is 0 Å². The van der Waals surface area contributed by atoms with Gasteiger partial charge in [0.05, 0.1) is 6.61 Å². The van der Waals surface area contributed by atoms with Crippen molar-refractivity contribution in [3.8, 4) is 11.5 Å². The molecule has 0 spiro atoms. The zero-order chi connectivity index (χ0) is 16.2. The summed E-state index contributed by atoms with van der Waals surface area (Å²) in [6.07, 6.45) is 1.15. The van der Waals surface area contributed by atoms with Crippen LogP contribution >= 0.6 is 11.5 Å². The van der Waals surface area contributed by atoms with Gasteiger partial charge in [-0.3, -0.25) is 0 Å². The lowest BCUT2D eigenvalue weighted by molar-refractivity contribution is 0.179. The van der Waals surface area contributed by atoms with Gasteiger partial charge in [-0.1, -0.05) is 0 Å². The molecule has 0 fully saturated rings. The highest BCUT2D eigenvalue weighted by atomic mass is 32.1. The van der Waals surface area contributed by atoms with Gasteiger partial charge >= 0.3 is 0 Å². The van der Waals surface area contributed by atoms with Crippen molar-refractivity contribution in [2.75, 3.05) is 19.0 Å². The molecule has 6 nitrogen and oxygen atoms in total. The Balaban J connectivity index is 1.74. The molecule has 1 atom stereocenters. The number of methoxy groups -OCH3 is 1. The van der Waals surface area contributed by atoms with E-state index in [4.69, 9.17) is 14.2 Å². The number of nitrogens with one attached hydrogen (secondary N) is 1. The minimum absolute atomic E-state index is 0.224. The van der Waals surface area contributed by atoms with Gasteiger partial charge in [0, 0.05) is 42.7 Å². The Morgan fingerprint density at radius 3 is 3.09 bits per heavy atom. The van der Waals surface area contributed by atoms with E-state index in [1.54, 1.807) is 7.11 Å². The lowest BCUT2D eigenvalue weighted by Crippen LogP contribution is -2.05. The third-order valence-corrected chi connectivity index (χ3v) is 4.26. The lowest BCUT2D eigenvalue weighted by atomic mass is 10.1. The first-order chi connectivity index (χ1) is 11.2. The highest BCUT2D eigenvalue weighted by Gasteiger charge is 2.21. The summed E-state index contributed by atoms with van der Waals surface area (Å²) in [7, 11) is 1.63. The zero-order valence-electron chi connectivity index (χ0n) is 13.6. The van der Waals surface area contributed by atoms with Gasteiger partial charge in [0.2, 0.25) is 5.13 Å². The number of hydrogen-bond acceptors (Lipinski definition) is 7. The third-order valence-electron chi connectivity index (χ3n) is 3.55. The molecular weight excluding hydrogens is 314 g/mol. The molecule has 2 aromatic rings. The number of hydrogen-bond donors (Lipinski definition) is 1. The second kappa shape index (κ2) is 7.14. The number of nitrogens with zero attached hydrogens (tertiary/aromatic N) is 2. The standard InChI is InChI=1S/C16H21N3O3S/c1-4-21-13-6-11-5-10(2)22-14(11)7-12(13)8-17-16-18-15(9-20-3)19-23-16/h6-7,10H,4-5,8-9H2,1-3H3,(H,17,18,19). The van der Waals surface area contributed by atoms with E-state index >= 15 is 0 Å². The summed E-state index contributed by atoms with van der Waals surface area (Å²) in [6.45, 7) is 5.75. The van der Waals surface area contributed by atoms with Crippen LogP contribution in [0.2, 0.25) is 0 Å². The van der Waals surface area contributed by atoms with Gasteiger partial charge in [0.1, 0.15) is 24.2 Å². The average molecular weight is 335 g/mol. The maximum atomic E-state index is 5.84. The Bertz CT molecular complexity index is 675. The molecule has 1 aliphatic heterocycles. The molecule has 2 heterocycles. The van der Waals surface area contributed by atoms with E-state index in [-0.39, 0.29) is 6.10 Å². The summed E-state index contributed by atoms with van der Waals surface area (Å²) in [4.78, 5) is 4.37. The number of ether oxygens (including phenoxy) is 3. The minimum atomic E-state index is 0.224. The fraction of sp³-hybridized carbons (Fsp3) is 0.500. The van der Waals surface area contributed by atoms with Gasteiger partial charge in [-0.05, 0) is 26.0 Å². The Morgan fingerprint density at radius 2 is 2.30 bits per heavy atom. The van der Waals surface area contributed by atoms with Crippen LogP contribution in [0.4, 0.5) is 5.13 Å². The molecule has 0 amide bonds. The Hall–Kier alpha value is -1.86. The van der Waals surface area contributed by atoms with Crippen LogP contribution in [-0.2, 0) is 24.3 Å². The maximum absolute atomic E-state index is 5.84. The quantitative estimate of drug-likeness (QED) is 0.839. The van der Waals surface area contributed by atoms with Crippen molar-refractivity contribution in [3.63, 3.8) is 0 Å². The van der Waals surface area contributed by atoms with Crippen molar-refractivity contribution in [3.05, 3.63) is 29.1 Å². The first-order valence-electron chi connectivity index (χ1n) is 7.70. The topological polar surface area (TPSA) is 65.5 Å². The Morgan fingerprint density at radius 1 is 1.43 bits per heavy atom. The predicted octanol–water partition coefficient (Wildman–Crippen LogP) is 3.02. The van der Waals surface area contributed by atoms with E-state index in [1.165, 1.54) is 17.1 Å². The summed E-state index contributed by atoms with van der Waals surface area (Å²) >= 11 is 1.33. The monoisotopic (exact) mass is 335 g/mol. The van der Waals surface area contributed by atoms with Crippen molar-refractivity contribution < 1.29 is 14.2 Å². The summed E-state index contributed by atoms with van der Waals surface area (Å²) < 4.78 is 20.9. The number of aromatic nitrogens is 2. The van der Waals surface area contributed by atoms with Crippen molar-refractivity contribution in [1.29, 1.82) is 0 Å². The second-order valence-electron chi connectivity index (χ2n) is 5.44. The zero-order valence-corrected chi connectivity index (χ0v) is 14.4. The normalized spacial score (nSPS) is 16.0. The van der Waals surface area contributed by atoms with Crippen molar-refractivity contribution in [2.45, 2.75) is 39.5 Å². The van der Waals surface area contributed by atoms with Crippen LogP contribution in [0.1, 0.15) is 30.8 Å². The summed E-state index contributed by atoms with van der Waals surface area (Å²) in [6, 6.07) is 4.16. The molecule has 0 saturated heterocycles. The number of fused-ring (bicyclic) bond motifs is 1. The number of anilines is 1. The molecule has 1 aromatic carbocycles. The SMILES string of the molecule is CCOc1cc2c(cc1CNc1nc(COC)ns1)OC(C)C2. The fourth-order valence-corrected chi connectivity index (χ4v) is 3.16. The molecule has 1 aromatic heterocycles. The molecule has 23 heavy (non-hydrogen) atoms. The van der Waals surface area contributed by atoms with Crippen LogP contribution in [0.3, 0.4) is 0 Å². The molecule has 0 radical (unpaired) electrons. The second-order valence-corrected chi connectivity index (χ2v) is 6.19. The van der Waals surface area contributed by atoms with Gasteiger partial charge in [-0.15, -0.1) is 0 Å². The highest BCUT2D eigenvalue weighted by Crippen LogP contribution is 2.35. The fourth-order valence-electron chi connectivity index (χ4n) is 2.59. The lowest BCUT2D eigenvalue weighted by Gasteiger charge is -2.12. The summed E-state index contributed by atoms with van der Waals surface area (Å²) in [5.74, 6) is 2.55. The molecule has 0 saturated carbocycles. The smallest absolute Gasteiger partial charge is 0.202 e. The van der Waals surface area contributed by atoms with Gasteiger partial charge in [-0.25, -0.2) is 4.98 Å².